The summed E-state index contributed by atoms with van der Waals surface area (Å²) in [5.74, 6) is -0.616. The van der Waals surface area contributed by atoms with Gasteiger partial charge in [0.2, 0.25) is 5.91 Å². The molecule has 0 unspecified atom stereocenters. The molecule has 192 valence electrons. The maximum atomic E-state index is 13.1. The molecule has 37 heavy (non-hydrogen) atoms. The number of hydrogen-bond acceptors (Lipinski definition) is 9. The van der Waals surface area contributed by atoms with Crippen molar-refractivity contribution in [1.29, 1.82) is 0 Å². The lowest BCUT2D eigenvalue weighted by atomic mass is 10.1. The van der Waals surface area contributed by atoms with Gasteiger partial charge in [-0.2, -0.15) is 8.42 Å². The van der Waals surface area contributed by atoms with Gasteiger partial charge in [0.25, 0.3) is 21.2 Å². The van der Waals surface area contributed by atoms with Crippen LogP contribution in [0.2, 0.25) is 0 Å². The normalized spacial score (nSPS) is 14.8. The highest BCUT2D eigenvalue weighted by molar-refractivity contribution is 9.10. The fourth-order valence-electron chi connectivity index (χ4n) is 3.09. The number of aromatic nitrogens is 1. The third-order valence-electron chi connectivity index (χ3n) is 4.89. The van der Waals surface area contributed by atoms with Gasteiger partial charge in [-0.05, 0) is 41.1 Å². The Morgan fingerprint density at radius 2 is 1.95 bits per heavy atom. The largest absolute Gasteiger partial charge is 0.487 e. The van der Waals surface area contributed by atoms with Gasteiger partial charge in [0.15, 0.2) is 10.2 Å². The van der Waals surface area contributed by atoms with Crippen molar-refractivity contribution in [3.8, 4) is 5.75 Å². The van der Waals surface area contributed by atoms with E-state index in [4.69, 9.17) is 4.74 Å². The molecule has 2 N–H and O–H groups in total. The fourth-order valence-corrected chi connectivity index (χ4v) is 6.46. The number of rotatable bonds is 8. The number of anilines is 2. The molecule has 14 heteroatoms. The molecular formula is C23H19BrN4O6S3. The first-order valence-electron chi connectivity index (χ1n) is 10.5. The van der Waals surface area contributed by atoms with E-state index in [9.17, 15) is 22.8 Å². The topological polar surface area (TPSA) is 135 Å². The third-order valence-corrected chi connectivity index (χ3v) is 8.70. The first kappa shape index (κ1) is 26.9. The van der Waals surface area contributed by atoms with E-state index in [-0.39, 0.29) is 44.3 Å². The minimum Gasteiger partial charge on any atom is -0.487 e. The predicted octanol–water partition coefficient (Wildman–Crippen LogP) is 4.91. The minimum absolute atomic E-state index is 0.123. The number of amides is 3. The van der Waals surface area contributed by atoms with Crippen LogP contribution in [0.25, 0.3) is 6.08 Å². The molecule has 1 saturated heterocycles. The van der Waals surface area contributed by atoms with Crippen LogP contribution >= 0.6 is 39.0 Å². The number of imide groups is 1. The molecular weight excluding hydrogens is 604 g/mol. The van der Waals surface area contributed by atoms with Crippen molar-refractivity contribution < 1.29 is 27.5 Å². The third kappa shape index (κ3) is 6.39. The fraction of sp³-hybridized carbons (Fsp3) is 0.130. The SMILES string of the molecule is CC(=O)Nc1nc(S(=O)(=O)Nc2cc(Br)c(/C=C3\SC(=O)N(C)C3=O)cc2OCc2ccccc2)cs1. The van der Waals surface area contributed by atoms with Gasteiger partial charge < -0.3 is 10.1 Å². The zero-order chi connectivity index (χ0) is 26.7. The second-order valence-corrected chi connectivity index (χ2v) is 12.0. The number of thiazole rings is 1. The highest BCUT2D eigenvalue weighted by atomic mass is 79.9. The van der Waals surface area contributed by atoms with Gasteiger partial charge >= 0.3 is 0 Å². The standard InChI is InChI=1S/C23H19BrN4O6S3/c1-13(29)25-22-26-20(12-35-22)37(32,33)27-17-10-16(24)15(9-19-21(30)28(2)23(31)36-19)8-18(17)34-11-14-6-4-3-5-7-14/h3-10,12,27H,11H2,1-2H3,(H,25,26,29)/b19-9-. The number of sulfonamides is 1. The summed E-state index contributed by atoms with van der Waals surface area (Å²) < 4.78 is 35.0. The molecule has 4 rings (SSSR count). The van der Waals surface area contributed by atoms with Crippen molar-refractivity contribution >= 4 is 83.0 Å². The zero-order valence-corrected chi connectivity index (χ0v) is 23.4. The molecule has 1 fully saturated rings. The summed E-state index contributed by atoms with van der Waals surface area (Å²) in [6.45, 7) is 1.44. The van der Waals surface area contributed by atoms with E-state index in [2.05, 4.69) is 31.0 Å². The number of carbonyl (C=O) groups excluding carboxylic acids is 3. The highest BCUT2D eigenvalue weighted by Crippen LogP contribution is 2.38. The molecule has 2 heterocycles. The number of nitrogens with one attached hydrogen (secondary N) is 2. The van der Waals surface area contributed by atoms with E-state index in [1.54, 1.807) is 6.07 Å². The summed E-state index contributed by atoms with van der Waals surface area (Å²) in [4.78, 5) is 40.7. The number of ether oxygens (including phenoxy) is 1. The van der Waals surface area contributed by atoms with Crippen LogP contribution in [0.4, 0.5) is 15.6 Å². The van der Waals surface area contributed by atoms with Crippen LogP contribution in [-0.2, 0) is 26.2 Å². The van der Waals surface area contributed by atoms with E-state index < -0.39 is 15.9 Å². The lowest BCUT2D eigenvalue weighted by Gasteiger charge is -2.15. The van der Waals surface area contributed by atoms with Gasteiger partial charge in [0.1, 0.15) is 12.4 Å². The first-order chi connectivity index (χ1) is 17.5. The molecule has 0 bridgehead atoms. The second kappa shape index (κ2) is 11.0. The van der Waals surface area contributed by atoms with E-state index in [1.807, 2.05) is 30.3 Å². The van der Waals surface area contributed by atoms with Gasteiger partial charge in [-0.3, -0.25) is 24.0 Å². The monoisotopic (exact) mass is 622 g/mol. The van der Waals surface area contributed by atoms with Gasteiger partial charge in [-0.15, -0.1) is 11.3 Å². The van der Waals surface area contributed by atoms with Gasteiger partial charge in [0, 0.05) is 23.8 Å². The van der Waals surface area contributed by atoms with E-state index in [0.717, 1.165) is 33.6 Å². The molecule has 0 atom stereocenters. The molecule has 1 aliphatic heterocycles. The predicted molar refractivity (Wildman–Crippen MR) is 146 cm³/mol. The first-order valence-corrected chi connectivity index (χ1v) is 14.5. The van der Waals surface area contributed by atoms with Crippen LogP contribution in [0.3, 0.4) is 0 Å². The number of halogens is 1. The Labute approximate surface area is 229 Å². The van der Waals surface area contributed by atoms with Crippen LogP contribution < -0.4 is 14.8 Å². The molecule has 0 saturated carbocycles. The molecule has 0 aliphatic carbocycles. The smallest absolute Gasteiger partial charge is 0.293 e. The van der Waals surface area contributed by atoms with E-state index in [0.29, 0.717) is 10.0 Å². The van der Waals surface area contributed by atoms with Gasteiger partial charge in [-0.1, -0.05) is 46.3 Å². The Bertz CT molecular complexity index is 1520. The molecule has 0 spiro atoms. The van der Waals surface area contributed by atoms with Gasteiger partial charge in [-0.25, -0.2) is 4.98 Å². The number of likely N-dealkylation sites (N-methyl/N-ethyl adjacent to an activating group) is 1. The maximum Gasteiger partial charge on any atom is 0.293 e. The summed E-state index contributed by atoms with van der Waals surface area (Å²) in [5, 5.41) is 3.25. The molecule has 0 radical (unpaired) electrons. The van der Waals surface area contributed by atoms with E-state index >= 15 is 0 Å². The Morgan fingerprint density at radius 3 is 2.59 bits per heavy atom. The molecule has 3 amide bonds. The maximum absolute atomic E-state index is 13.1. The number of benzene rings is 2. The van der Waals surface area contributed by atoms with Crippen molar-refractivity contribution in [2.24, 2.45) is 0 Å². The minimum atomic E-state index is -4.14. The lowest BCUT2D eigenvalue weighted by molar-refractivity contribution is -0.121. The number of thioether (sulfide) groups is 1. The van der Waals surface area contributed by atoms with Crippen LogP contribution in [0, 0.1) is 0 Å². The van der Waals surface area contributed by atoms with Crippen LogP contribution in [0.5, 0.6) is 5.75 Å². The second-order valence-electron chi connectivity index (χ2n) is 7.66. The lowest BCUT2D eigenvalue weighted by Crippen LogP contribution is -2.22. The average molecular weight is 624 g/mol. The Kier molecular flexibility index (Phi) is 8.02. The van der Waals surface area contributed by atoms with E-state index in [1.165, 1.54) is 31.5 Å². The van der Waals surface area contributed by atoms with Crippen molar-refractivity contribution in [3.05, 3.63) is 68.3 Å². The summed E-state index contributed by atoms with van der Waals surface area (Å²) in [5.41, 5.74) is 1.48. The highest BCUT2D eigenvalue weighted by Gasteiger charge is 2.32. The Hall–Kier alpha value is -3.20. The molecule has 1 aromatic heterocycles. The summed E-state index contributed by atoms with van der Waals surface area (Å²) in [7, 11) is -2.74. The van der Waals surface area contributed by atoms with Crippen molar-refractivity contribution in [3.63, 3.8) is 0 Å². The van der Waals surface area contributed by atoms with Crippen LogP contribution in [0.15, 0.2) is 62.2 Å². The Balaban J connectivity index is 1.69. The van der Waals surface area contributed by atoms with Crippen LogP contribution in [0.1, 0.15) is 18.1 Å². The summed E-state index contributed by atoms with van der Waals surface area (Å²) in [6, 6.07) is 12.4. The van der Waals surface area contributed by atoms with Crippen molar-refractivity contribution in [1.82, 2.24) is 9.88 Å². The van der Waals surface area contributed by atoms with Crippen LogP contribution in [-0.4, -0.2) is 42.4 Å². The molecule has 1 aliphatic rings. The summed E-state index contributed by atoms with van der Waals surface area (Å²) in [6.07, 6.45) is 1.53. The quantitative estimate of drug-likeness (QED) is 0.338. The number of carbonyl (C=O) groups is 3. The zero-order valence-electron chi connectivity index (χ0n) is 19.3. The van der Waals surface area contributed by atoms with Crippen molar-refractivity contribution in [2.45, 2.75) is 18.6 Å². The van der Waals surface area contributed by atoms with Gasteiger partial charge in [0.05, 0.1) is 10.6 Å². The van der Waals surface area contributed by atoms with Crippen molar-refractivity contribution in [2.75, 3.05) is 17.1 Å². The average Bonchev–Trinajstić information content (AvgIpc) is 3.41. The molecule has 3 aromatic rings. The summed E-state index contributed by atoms with van der Waals surface area (Å²) >= 11 is 5.20. The Morgan fingerprint density at radius 1 is 1.22 bits per heavy atom. The molecule has 2 aromatic carbocycles. The number of hydrogen-bond donors (Lipinski definition) is 2. The molecule has 10 nitrogen and oxygen atoms in total. The number of nitrogens with zero attached hydrogens (tertiary/aromatic N) is 2.